The Kier molecular flexibility index (Phi) is 5.52. The van der Waals surface area contributed by atoms with Crippen molar-refractivity contribution in [2.75, 3.05) is 23.4 Å². The van der Waals surface area contributed by atoms with E-state index in [-0.39, 0.29) is 37.5 Å². The standard InChI is InChI=1S/C21H19ClFN5O2/c1-12-10-13(23)6-7-14(12)18-15-11-25-21(30)28(17-5-3-2-4-16(17)22)19(15)27-20(26-18)24-8-9-29/h2-7,10,29H,8-9,11H2,1H3,(H,25,30)(H,24,26,27). The van der Waals surface area contributed by atoms with Crippen LogP contribution < -0.4 is 15.5 Å². The van der Waals surface area contributed by atoms with Crippen LogP contribution in [0.25, 0.3) is 11.3 Å². The number of hydrogen-bond acceptors (Lipinski definition) is 5. The average molecular weight is 428 g/mol. The second kappa shape index (κ2) is 8.25. The highest BCUT2D eigenvalue weighted by atomic mass is 35.5. The number of urea groups is 1. The van der Waals surface area contributed by atoms with Crippen LogP contribution in [0.3, 0.4) is 0 Å². The van der Waals surface area contributed by atoms with E-state index in [9.17, 15) is 14.3 Å². The van der Waals surface area contributed by atoms with Gasteiger partial charge >= 0.3 is 6.03 Å². The first-order chi connectivity index (χ1) is 14.5. The van der Waals surface area contributed by atoms with E-state index in [1.165, 1.54) is 17.0 Å². The molecule has 2 heterocycles. The lowest BCUT2D eigenvalue weighted by Gasteiger charge is -2.31. The van der Waals surface area contributed by atoms with Crippen LogP contribution in [0, 0.1) is 12.7 Å². The lowest BCUT2D eigenvalue weighted by atomic mass is 10.00. The molecule has 0 fully saturated rings. The first-order valence-corrected chi connectivity index (χ1v) is 9.72. The van der Waals surface area contributed by atoms with E-state index in [0.29, 0.717) is 33.3 Å². The number of aryl methyl sites for hydroxylation is 1. The third kappa shape index (κ3) is 3.67. The van der Waals surface area contributed by atoms with Gasteiger partial charge in [-0.05, 0) is 42.8 Å². The fourth-order valence-corrected chi connectivity index (χ4v) is 3.60. The summed E-state index contributed by atoms with van der Waals surface area (Å²) in [4.78, 5) is 23.3. The van der Waals surface area contributed by atoms with E-state index in [1.807, 2.05) is 0 Å². The van der Waals surface area contributed by atoms with Gasteiger partial charge in [0.05, 0.1) is 29.6 Å². The summed E-state index contributed by atoms with van der Waals surface area (Å²) in [5.41, 5.74) is 3.14. The number of fused-ring (bicyclic) bond motifs is 1. The number of halogens is 2. The molecule has 1 aliphatic rings. The number of carbonyl (C=O) groups is 1. The number of para-hydroxylation sites is 1. The average Bonchev–Trinajstić information content (AvgIpc) is 2.72. The van der Waals surface area contributed by atoms with Gasteiger partial charge in [0.15, 0.2) is 5.82 Å². The van der Waals surface area contributed by atoms with Crippen molar-refractivity contribution in [3.05, 3.63) is 64.4 Å². The van der Waals surface area contributed by atoms with Gasteiger partial charge in [0.2, 0.25) is 5.95 Å². The number of aliphatic hydroxyl groups excluding tert-OH is 1. The molecule has 154 valence electrons. The number of nitrogens with zero attached hydrogens (tertiary/aromatic N) is 3. The van der Waals surface area contributed by atoms with E-state index in [0.717, 1.165) is 5.56 Å². The molecule has 3 N–H and O–H groups in total. The number of hydrogen-bond donors (Lipinski definition) is 3. The second-order valence-corrected chi connectivity index (χ2v) is 7.16. The van der Waals surface area contributed by atoms with Gasteiger partial charge in [-0.15, -0.1) is 0 Å². The smallest absolute Gasteiger partial charge is 0.328 e. The first-order valence-electron chi connectivity index (χ1n) is 9.34. The maximum absolute atomic E-state index is 13.7. The van der Waals surface area contributed by atoms with Crippen molar-refractivity contribution in [3.63, 3.8) is 0 Å². The molecule has 0 radical (unpaired) electrons. The summed E-state index contributed by atoms with van der Waals surface area (Å²) in [6, 6.07) is 11.0. The van der Waals surface area contributed by atoms with Crippen LogP contribution in [0.2, 0.25) is 5.02 Å². The van der Waals surface area contributed by atoms with Crippen molar-refractivity contribution in [3.8, 4) is 11.3 Å². The fraction of sp³-hybridized carbons (Fsp3) is 0.190. The molecule has 0 atom stereocenters. The minimum atomic E-state index is -0.371. The third-order valence-electron chi connectivity index (χ3n) is 4.75. The van der Waals surface area contributed by atoms with Crippen LogP contribution in [-0.4, -0.2) is 34.3 Å². The highest BCUT2D eigenvalue weighted by Crippen LogP contribution is 2.39. The first kappa shape index (κ1) is 20.1. The van der Waals surface area contributed by atoms with E-state index in [1.54, 1.807) is 37.3 Å². The molecule has 0 aliphatic carbocycles. The van der Waals surface area contributed by atoms with Gasteiger partial charge in [-0.2, -0.15) is 4.98 Å². The number of aliphatic hydroxyl groups is 1. The van der Waals surface area contributed by atoms with Gasteiger partial charge in [0.25, 0.3) is 0 Å². The van der Waals surface area contributed by atoms with Crippen molar-refractivity contribution in [2.45, 2.75) is 13.5 Å². The van der Waals surface area contributed by atoms with E-state index < -0.39 is 0 Å². The molecule has 3 aromatic rings. The zero-order chi connectivity index (χ0) is 21.3. The normalized spacial score (nSPS) is 13.1. The number of rotatable bonds is 5. The van der Waals surface area contributed by atoms with Crippen molar-refractivity contribution in [1.82, 2.24) is 15.3 Å². The van der Waals surface area contributed by atoms with Crippen LogP contribution in [0.4, 0.5) is 26.6 Å². The van der Waals surface area contributed by atoms with E-state index >= 15 is 0 Å². The highest BCUT2D eigenvalue weighted by Gasteiger charge is 2.32. The number of nitrogens with one attached hydrogen (secondary N) is 2. The van der Waals surface area contributed by atoms with Gasteiger partial charge in [-0.25, -0.2) is 19.1 Å². The minimum absolute atomic E-state index is 0.111. The zero-order valence-electron chi connectivity index (χ0n) is 16.1. The minimum Gasteiger partial charge on any atom is -0.395 e. The summed E-state index contributed by atoms with van der Waals surface area (Å²) in [6.07, 6.45) is 0. The van der Waals surface area contributed by atoms with Crippen molar-refractivity contribution < 1.29 is 14.3 Å². The molecule has 0 unspecified atom stereocenters. The van der Waals surface area contributed by atoms with Crippen LogP contribution in [0.5, 0.6) is 0 Å². The SMILES string of the molecule is Cc1cc(F)ccc1-c1nc(NCCO)nc2c1CNC(=O)N2c1ccccc1Cl. The topological polar surface area (TPSA) is 90.4 Å². The molecule has 4 rings (SSSR count). The molecule has 1 aliphatic heterocycles. The Hall–Kier alpha value is -3.23. The predicted molar refractivity (Wildman–Crippen MR) is 114 cm³/mol. The summed E-state index contributed by atoms with van der Waals surface area (Å²) in [7, 11) is 0. The van der Waals surface area contributed by atoms with E-state index in [4.69, 9.17) is 11.6 Å². The summed E-state index contributed by atoms with van der Waals surface area (Å²) in [5, 5.41) is 15.4. The highest BCUT2D eigenvalue weighted by molar-refractivity contribution is 6.34. The zero-order valence-corrected chi connectivity index (χ0v) is 16.9. The molecule has 2 amide bonds. The van der Waals surface area contributed by atoms with Crippen molar-refractivity contribution >= 4 is 35.1 Å². The summed E-state index contributed by atoms with van der Waals surface area (Å²) in [5.74, 6) is 0.276. The molecule has 30 heavy (non-hydrogen) atoms. The quantitative estimate of drug-likeness (QED) is 0.572. The maximum Gasteiger partial charge on any atom is 0.328 e. The van der Waals surface area contributed by atoms with Gasteiger partial charge < -0.3 is 15.7 Å². The van der Waals surface area contributed by atoms with Crippen molar-refractivity contribution in [2.24, 2.45) is 0 Å². The van der Waals surface area contributed by atoms with Gasteiger partial charge in [0, 0.05) is 17.7 Å². The molecular weight excluding hydrogens is 409 g/mol. The molecule has 0 spiro atoms. The Morgan fingerprint density at radius 1 is 1.27 bits per heavy atom. The van der Waals surface area contributed by atoms with Gasteiger partial charge in [-0.3, -0.25) is 0 Å². The molecule has 0 bridgehead atoms. The Labute approximate surface area is 177 Å². The van der Waals surface area contributed by atoms with E-state index in [2.05, 4.69) is 20.6 Å². The number of amides is 2. The summed E-state index contributed by atoms with van der Waals surface area (Å²) < 4.78 is 13.7. The summed E-state index contributed by atoms with van der Waals surface area (Å²) >= 11 is 6.36. The summed E-state index contributed by atoms with van der Waals surface area (Å²) in [6.45, 7) is 2.13. The van der Waals surface area contributed by atoms with Gasteiger partial charge in [-0.1, -0.05) is 23.7 Å². The second-order valence-electron chi connectivity index (χ2n) is 6.75. The lowest BCUT2D eigenvalue weighted by Crippen LogP contribution is -2.42. The lowest BCUT2D eigenvalue weighted by molar-refractivity contribution is 0.247. The Balaban J connectivity index is 1.95. The van der Waals surface area contributed by atoms with Gasteiger partial charge in [0.1, 0.15) is 5.82 Å². The Bertz CT molecular complexity index is 1120. The number of aromatic nitrogens is 2. The fourth-order valence-electron chi connectivity index (χ4n) is 3.38. The molecule has 0 saturated heterocycles. The molecular formula is C21H19ClFN5O2. The molecule has 7 nitrogen and oxygen atoms in total. The van der Waals surface area contributed by atoms with Crippen LogP contribution >= 0.6 is 11.6 Å². The molecule has 2 aromatic carbocycles. The third-order valence-corrected chi connectivity index (χ3v) is 5.07. The van der Waals surface area contributed by atoms with Crippen LogP contribution in [-0.2, 0) is 6.54 Å². The molecule has 9 heteroatoms. The number of benzene rings is 2. The van der Waals surface area contributed by atoms with Crippen LogP contribution in [0.1, 0.15) is 11.1 Å². The predicted octanol–water partition coefficient (Wildman–Crippen LogP) is 4.01. The Morgan fingerprint density at radius 2 is 2.07 bits per heavy atom. The monoisotopic (exact) mass is 427 g/mol. The molecule has 0 saturated carbocycles. The van der Waals surface area contributed by atoms with Crippen molar-refractivity contribution in [1.29, 1.82) is 0 Å². The maximum atomic E-state index is 13.7. The Morgan fingerprint density at radius 3 is 2.80 bits per heavy atom. The number of anilines is 3. The molecule has 1 aromatic heterocycles. The number of carbonyl (C=O) groups excluding carboxylic acids is 1. The van der Waals surface area contributed by atoms with Crippen LogP contribution in [0.15, 0.2) is 42.5 Å². The largest absolute Gasteiger partial charge is 0.395 e.